The van der Waals surface area contributed by atoms with E-state index in [1.54, 1.807) is 0 Å². The van der Waals surface area contributed by atoms with Gasteiger partial charge in [0.25, 0.3) is 5.91 Å². The van der Waals surface area contributed by atoms with Crippen molar-refractivity contribution in [3.63, 3.8) is 0 Å². The standard InChI is InChI=1S/C24H32N6O/c31-23(19-5-2-1-3-6-19)27-16-22-15-20-7-10-30(22)18-21(20)17-28-11-13-29(14-12-28)24-25-8-4-9-26-24/h1-6,8-9,20-22H,7,10-18H2,(H,27,31)/t20-,21-,22+/m0/s1. The Bertz CT molecular complexity index is 855. The molecule has 4 saturated heterocycles. The average Bonchev–Trinajstić information content (AvgIpc) is 2.85. The molecule has 0 radical (unpaired) electrons. The van der Waals surface area contributed by atoms with E-state index >= 15 is 0 Å². The van der Waals surface area contributed by atoms with E-state index in [2.05, 4.69) is 30.0 Å². The second kappa shape index (κ2) is 9.32. The number of hydrogen-bond donors (Lipinski definition) is 1. The molecule has 31 heavy (non-hydrogen) atoms. The van der Waals surface area contributed by atoms with Crippen LogP contribution in [0.1, 0.15) is 23.2 Å². The van der Waals surface area contributed by atoms with Gasteiger partial charge in [-0.2, -0.15) is 0 Å². The Labute approximate surface area is 184 Å². The molecule has 4 atom stereocenters. The van der Waals surface area contributed by atoms with E-state index in [9.17, 15) is 4.79 Å². The summed E-state index contributed by atoms with van der Waals surface area (Å²) in [6.07, 6.45) is 6.14. The second-order valence-electron chi connectivity index (χ2n) is 9.11. The monoisotopic (exact) mass is 420 g/mol. The lowest BCUT2D eigenvalue weighted by Crippen LogP contribution is -2.59. The minimum Gasteiger partial charge on any atom is -0.350 e. The number of nitrogens with zero attached hydrogens (tertiary/aromatic N) is 5. The molecule has 4 aliphatic rings. The van der Waals surface area contributed by atoms with Crippen LogP contribution >= 0.6 is 0 Å². The maximum Gasteiger partial charge on any atom is 0.251 e. The largest absolute Gasteiger partial charge is 0.350 e. The molecule has 164 valence electrons. The van der Waals surface area contributed by atoms with Gasteiger partial charge in [-0.05, 0) is 49.4 Å². The summed E-state index contributed by atoms with van der Waals surface area (Å²) in [5.41, 5.74) is 0.747. The van der Waals surface area contributed by atoms with Gasteiger partial charge in [0.15, 0.2) is 0 Å². The summed E-state index contributed by atoms with van der Waals surface area (Å²) in [5.74, 6) is 2.42. The highest BCUT2D eigenvalue weighted by Crippen LogP contribution is 2.36. The maximum absolute atomic E-state index is 12.4. The highest BCUT2D eigenvalue weighted by atomic mass is 16.1. The molecule has 2 bridgehead atoms. The summed E-state index contributed by atoms with van der Waals surface area (Å²) in [4.78, 5) is 28.7. The van der Waals surface area contributed by atoms with Crippen molar-refractivity contribution in [3.8, 4) is 0 Å². The Balaban J connectivity index is 1.09. The van der Waals surface area contributed by atoms with Gasteiger partial charge in [-0.15, -0.1) is 0 Å². The molecule has 4 aliphatic heterocycles. The number of carbonyl (C=O) groups is 1. The van der Waals surface area contributed by atoms with Gasteiger partial charge >= 0.3 is 0 Å². The molecular formula is C24H32N6O. The van der Waals surface area contributed by atoms with E-state index in [1.165, 1.54) is 32.5 Å². The SMILES string of the molecule is O=C(NC[C@H]1C[C@@H]2CCN1C[C@@H]2CN1CCN(c2ncccn2)CC1)c1ccccc1. The number of aromatic nitrogens is 2. The molecule has 6 rings (SSSR count). The molecular weight excluding hydrogens is 388 g/mol. The van der Waals surface area contributed by atoms with Crippen LogP contribution in [0.4, 0.5) is 5.95 Å². The van der Waals surface area contributed by atoms with Crippen molar-refractivity contribution in [1.29, 1.82) is 0 Å². The molecule has 1 aromatic heterocycles. The zero-order chi connectivity index (χ0) is 21.0. The Morgan fingerprint density at radius 1 is 1.00 bits per heavy atom. The van der Waals surface area contributed by atoms with Gasteiger partial charge in [0, 0.05) is 69.8 Å². The van der Waals surface area contributed by atoms with E-state index in [-0.39, 0.29) is 5.91 Å². The summed E-state index contributed by atoms with van der Waals surface area (Å²) in [6.45, 7) is 8.44. The average molecular weight is 421 g/mol. The number of fused-ring (bicyclic) bond motifs is 3. The van der Waals surface area contributed by atoms with E-state index in [0.717, 1.165) is 56.1 Å². The van der Waals surface area contributed by atoms with Gasteiger partial charge in [0.1, 0.15) is 0 Å². The van der Waals surface area contributed by atoms with Crippen molar-refractivity contribution in [2.45, 2.75) is 18.9 Å². The molecule has 2 aromatic rings. The fraction of sp³-hybridized carbons (Fsp3) is 0.542. The lowest BCUT2D eigenvalue weighted by molar-refractivity contribution is -0.0120. The third kappa shape index (κ3) is 4.72. The van der Waals surface area contributed by atoms with Crippen LogP contribution in [-0.4, -0.2) is 84.1 Å². The molecule has 0 aliphatic carbocycles. The molecule has 0 spiro atoms. The first-order valence-corrected chi connectivity index (χ1v) is 11.6. The molecule has 0 saturated carbocycles. The Hall–Kier alpha value is -2.51. The number of rotatable bonds is 6. The van der Waals surface area contributed by atoms with Crippen LogP contribution in [-0.2, 0) is 0 Å². The van der Waals surface area contributed by atoms with Gasteiger partial charge in [-0.3, -0.25) is 14.6 Å². The first-order valence-electron chi connectivity index (χ1n) is 11.6. The Morgan fingerprint density at radius 2 is 1.77 bits per heavy atom. The van der Waals surface area contributed by atoms with E-state index in [4.69, 9.17) is 0 Å². The zero-order valence-corrected chi connectivity index (χ0v) is 18.1. The maximum atomic E-state index is 12.4. The number of piperazine rings is 1. The van der Waals surface area contributed by atoms with Gasteiger partial charge in [0.2, 0.25) is 5.95 Å². The van der Waals surface area contributed by atoms with Crippen molar-refractivity contribution >= 4 is 11.9 Å². The molecule has 1 N–H and O–H groups in total. The molecule has 7 nitrogen and oxygen atoms in total. The quantitative estimate of drug-likeness (QED) is 0.768. The summed E-state index contributed by atoms with van der Waals surface area (Å²) in [7, 11) is 0. The van der Waals surface area contributed by atoms with E-state index in [1.807, 2.05) is 48.8 Å². The lowest BCUT2D eigenvalue weighted by atomic mass is 9.75. The number of amides is 1. The van der Waals surface area contributed by atoms with Crippen LogP contribution in [0.25, 0.3) is 0 Å². The van der Waals surface area contributed by atoms with Gasteiger partial charge in [0.05, 0.1) is 0 Å². The summed E-state index contributed by atoms with van der Waals surface area (Å²) in [5, 5.41) is 3.16. The molecule has 7 heteroatoms. The van der Waals surface area contributed by atoms with Crippen molar-refractivity contribution in [2.24, 2.45) is 11.8 Å². The topological polar surface area (TPSA) is 64.6 Å². The van der Waals surface area contributed by atoms with Crippen molar-refractivity contribution < 1.29 is 4.79 Å². The fourth-order valence-corrected chi connectivity index (χ4v) is 5.49. The van der Waals surface area contributed by atoms with Crippen LogP contribution in [0, 0.1) is 11.8 Å². The van der Waals surface area contributed by atoms with Crippen LogP contribution < -0.4 is 10.2 Å². The van der Waals surface area contributed by atoms with Crippen LogP contribution in [0.5, 0.6) is 0 Å². The molecule has 5 heterocycles. The second-order valence-corrected chi connectivity index (χ2v) is 9.11. The third-order valence-electron chi connectivity index (χ3n) is 7.25. The summed E-state index contributed by atoms with van der Waals surface area (Å²) >= 11 is 0. The molecule has 1 unspecified atom stereocenters. The minimum atomic E-state index is 0.0417. The predicted octanol–water partition coefficient (Wildman–Crippen LogP) is 1.74. The summed E-state index contributed by atoms with van der Waals surface area (Å²) in [6, 6.07) is 11.9. The smallest absolute Gasteiger partial charge is 0.251 e. The number of hydrogen-bond acceptors (Lipinski definition) is 6. The normalized spacial score (nSPS) is 28.5. The van der Waals surface area contributed by atoms with E-state index < -0.39 is 0 Å². The minimum absolute atomic E-state index is 0.0417. The molecule has 4 fully saturated rings. The van der Waals surface area contributed by atoms with Crippen LogP contribution in [0.3, 0.4) is 0 Å². The first kappa shape index (κ1) is 20.4. The Kier molecular flexibility index (Phi) is 6.13. The highest BCUT2D eigenvalue weighted by molar-refractivity contribution is 5.94. The lowest BCUT2D eigenvalue weighted by Gasteiger charge is -2.51. The molecule has 1 aromatic carbocycles. The van der Waals surface area contributed by atoms with Crippen LogP contribution in [0.2, 0.25) is 0 Å². The van der Waals surface area contributed by atoms with Crippen molar-refractivity contribution in [1.82, 2.24) is 25.1 Å². The first-order chi connectivity index (χ1) is 15.3. The third-order valence-corrected chi connectivity index (χ3v) is 7.25. The van der Waals surface area contributed by atoms with Crippen molar-refractivity contribution in [2.75, 3.05) is 57.3 Å². The van der Waals surface area contributed by atoms with Crippen LogP contribution in [0.15, 0.2) is 48.8 Å². The number of anilines is 1. The van der Waals surface area contributed by atoms with Crippen molar-refractivity contribution in [3.05, 3.63) is 54.4 Å². The number of nitrogens with one attached hydrogen (secondary N) is 1. The van der Waals surface area contributed by atoms with Gasteiger partial charge in [-0.25, -0.2) is 9.97 Å². The fourth-order valence-electron chi connectivity index (χ4n) is 5.49. The van der Waals surface area contributed by atoms with E-state index in [0.29, 0.717) is 6.04 Å². The number of carbonyl (C=O) groups excluding carboxylic acids is 1. The summed E-state index contributed by atoms with van der Waals surface area (Å²) < 4.78 is 0. The number of piperidine rings is 3. The predicted molar refractivity (Wildman–Crippen MR) is 121 cm³/mol. The molecule has 1 amide bonds. The highest BCUT2D eigenvalue weighted by Gasteiger charge is 2.40. The zero-order valence-electron chi connectivity index (χ0n) is 18.1. The number of benzene rings is 1. The Morgan fingerprint density at radius 3 is 2.48 bits per heavy atom. The van der Waals surface area contributed by atoms with Gasteiger partial charge < -0.3 is 10.2 Å². The van der Waals surface area contributed by atoms with Gasteiger partial charge in [-0.1, -0.05) is 18.2 Å².